The van der Waals surface area contributed by atoms with Gasteiger partial charge < -0.3 is 9.67 Å². The van der Waals surface area contributed by atoms with Crippen LogP contribution in [0, 0.1) is 6.92 Å². The van der Waals surface area contributed by atoms with Gasteiger partial charge in [0.1, 0.15) is 6.61 Å². The average molecular weight is 309 g/mol. The smallest absolute Gasteiger partial charge is 0.191 e. The van der Waals surface area contributed by atoms with E-state index in [1.54, 1.807) is 0 Å². The predicted molar refractivity (Wildman–Crippen MR) is 78.3 cm³/mol. The molecule has 2 aromatic rings. The summed E-state index contributed by atoms with van der Waals surface area (Å²) in [6, 6.07) is 4.22. The number of thioether (sulfide) groups is 1. The van der Waals surface area contributed by atoms with Gasteiger partial charge in [0.15, 0.2) is 16.8 Å². The summed E-state index contributed by atoms with van der Waals surface area (Å²) in [5.41, 5.74) is 0. The van der Waals surface area contributed by atoms with Crippen LogP contribution in [0.5, 0.6) is 0 Å². The van der Waals surface area contributed by atoms with Crippen LogP contribution in [0.4, 0.5) is 0 Å². The largest absolute Gasteiger partial charge is 0.388 e. The number of thiophene rings is 1. The summed E-state index contributed by atoms with van der Waals surface area (Å²) in [7, 11) is 0. The fourth-order valence-corrected chi connectivity index (χ4v) is 3.80. The normalized spacial score (nSPS) is 14.7. The number of nitrogens with zero attached hydrogens (tertiary/aromatic N) is 3. The van der Waals surface area contributed by atoms with Crippen molar-refractivity contribution in [2.45, 2.75) is 37.6 Å². The van der Waals surface area contributed by atoms with Crippen molar-refractivity contribution in [2.24, 2.45) is 0 Å². The molecule has 0 spiro atoms. The quantitative estimate of drug-likeness (QED) is 0.656. The first-order chi connectivity index (χ1) is 9.69. The maximum absolute atomic E-state index is 12.1. The van der Waals surface area contributed by atoms with Gasteiger partial charge in [-0.2, -0.15) is 0 Å². The molecule has 5 nitrogen and oxygen atoms in total. The highest BCUT2D eigenvalue weighted by molar-refractivity contribution is 7.99. The highest BCUT2D eigenvalue weighted by atomic mass is 32.2. The molecule has 1 saturated carbocycles. The Morgan fingerprint density at radius 1 is 1.50 bits per heavy atom. The number of carbonyl (C=O) groups excluding carboxylic acids is 1. The Hall–Kier alpha value is -1.18. The lowest BCUT2D eigenvalue weighted by atomic mass is 10.3. The van der Waals surface area contributed by atoms with Gasteiger partial charge in [-0.1, -0.05) is 11.8 Å². The van der Waals surface area contributed by atoms with Crippen molar-refractivity contribution >= 4 is 28.9 Å². The van der Waals surface area contributed by atoms with Crippen LogP contribution in [-0.4, -0.2) is 31.4 Å². The number of aromatic nitrogens is 3. The van der Waals surface area contributed by atoms with E-state index in [9.17, 15) is 9.90 Å². The standard InChI is InChI=1S/C13H15N3O2S2/c1-8-2-5-11(20-8)10(18)7-19-13-15-14-12(6-17)16(13)9-3-4-9/h2,5,9,17H,3-4,6-7H2,1H3. The van der Waals surface area contributed by atoms with Gasteiger partial charge >= 0.3 is 0 Å². The second kappa shape index (κ2) is 5.67. The maximum Gasteiger partial charge on any atom is 0.191 e. The molecule has 2 heterocycles. The van der Waals surface area contributed by atoms with E-state index in [-0.39, 0.29) is 12.4 Å². The fraction of sp³-hybridized carbons (Fsp3) is 0.462. The van der Waals surface area contributed by atoms with Crippen molar-refractivity contribution < 1.29 is 9.90 Å². The molecular formula is C13H15N3O2S2. The second-order valence-corrected chi connectivity index (χ2v) is 7.01. The van der Waals surface area contributed by atoms with Crippen LogP contribution in [-0.2, 0) is 6.61 Å². The summed E-state index contributed by atoms with van der Waals surface area (Å²) in [6.07, 6.45) is 2.19. The van der Waals surface area contributed by atoms with Gasteiger partial charge in [-0.25, -0.2) is 0 Å². The first-order valence-corrected chi connectivity index (χ1v) is 8.26. The van der Waals surface area contributed by atoms with Gasteiger partial charge in [-0.3, -0.25) is 4.79 Å². The molecule has 106 valence electrons. The van der Waals surface area contributed by atoms with Gasteiger partial charge in [0, 0.05) is 10.9 Å². The van der Waals surface area contributed by atoms with Crippen molar-refractivity contribution in [3.8, 4) is 0 Å². The van der Waals surface area contributed by atoms with Crippen LogP contribution in [0.15, 0.2) is 17.3 Å². The average Bonchev–Trinajstić information content (AvgIpc) is 3.05. The molecule has 0 aromatic carbocycles. The lowest BCUT2D eigenvalue weighted by molar-refractivity contribution is 0.102. The number of aliphatic hydroxyl groups is 1. The van der Waals surface area contributed by atoms with Crippen molar-refractivity contribution in [1.82, 2.24) is 14.8 Å². The predicted octanol–water partition coefficient (Wildman–Crippen LogP) is 2.45. The molecule has 3 rings (SSSR count). The molecule has 0 bridgehead atoms. The lowest BCUT2D eigenvalue weighted by Gasteiger charge is -2.06. The molecular weight excluding hydrogens is 294 g/mol. The number of rotatable bonds is 6. The van der Waals surface area contributed by atoms with E-state index in [0.717, 1.165) is 27.8 Å². The molecule has 0 amide bonds. The third-order valence-corrected chi connectivity index (χ3v) is 5.12. The van der Waals surface area contributed by atoms with Gasteiger partial charge in [0.2, 0.25) is 0 Å². The van der Waals surface area contributed by atoms with Crippen LogP contribution < -0.4 is 0 Å². The Morgan fingerprint density at radius 3 is 2.90 bits per heavy atom. The summed E-state index contributed by atoms with van der Waals surface area (Å²) < 4.78 is 1.97. The van der Waals surface area contributed by atoms with Crippen molar-refractivity contribution in [1.29, 1.82) is 0 Å². The van der Waals surface area contributed by atoms with Gasteiger partial charge in [-0.05, 0) is 31.9 Å². The first-order valence-electron chi connectivity index (χ1n) is 6.46. The third-order valence-electron chi connectivity index (χ3n) is 3.14. The molecule has 0 aliphatic heterocycles. The fourth-order valence-electron chi connectivity index (χ4n) is 2.00. The van der Waals surface area contributed by atoms with Crippen molar-refractivity contribution in [2.75, 3.05) is 5.75 Å². The Morgan fingerprint density at radius 2 is 2.30 bits per heavy atom. The third kappa shape index (κ3) is 2.79. The summed E-state index contributed by atoms with van der Waals surface area (Å²) in [4.78, 5) is 14.0. The Kier molecular flexibility index (Phi) is 3.91. The number of carbonyl (C=O) groups is 1. The van der Waals surface area contributed by atoms with E-state index in [0.29, 0.717) is 17.6 Å². The molecule has 2 aromatic heterocycles. The van der Waals surface area contributed by atoms with E-state index in [1.807, 2.05) is 23.6 Å². The molecule has 1 aliphatic rings. The minimum Gasteiger partial charge on any atom is -0.388 e. The summed E-state index contributed by atoms with van der Waals surface area (Å²) in [5.74, 6) is 1.06. The Labute approximate surface area is 125 Å². The molecule has 1 fully saturated rings. The van der Waals surface area contributed by atoms with E-state index in [1.165, 1.54) is 23.1 Å². The van der Waals surface area contributed by atoms with Crippen LogP contribution in [0.2, 0.25) is 0 Å². The number of aliphatic hydroxyl groups excluding tert-OH is 1. The van der Waals surface area contributed by atoms with Crippen LogP contribution in [0.3, 0.4) is 0 Å². The Bertz CT molecular complexity index is 631. The van der Waals surface area contributed by atoms with E-state index in [4.69, 9.17) is 0 Å². The number of ketones is 1. The van der Waals surface area contributed by atoms with Crippen molar-refractivity contribution in [3.63, 3.8) is 0 Å². The molecule has 1 aliphatic carbocycles. The van der Waals surface area contributed by atoms with Gasteiger partial charge in [0.25, 0.3) is 0 Å². The highest BCUT2D eigenvalue weighted by Crippen LogP contribution is 2.38. The zero-order valence-corrected chi connectivity index (χ0v) is 12.7. The Balaban J connectivity index is 1.69. The van der Waals surface area contributed by atoms with Gasteiger partial charge in [-0.15, -0.1) is 21.5 Å². The molecule has 0 saturated heterocycles. The van der Waals surface area contributed by atoms with E-state index >= 15 is 0 Å². The number of Topliss-reactive ketones (excluding diaryl/α,β-unsaturated/α-hetero) is 1. The SMILES string of the molecule is Cc1ccc(C(=O)CSc2nnc(CO)n2C2CC2)s1. The minimum atomic E-state index is -0.109. The lowest BCUT2D eigenvalue weighted by Crippen LogP contribution is -2.05. The number of aryl methyl sites for hydroxylation is 1. The van der Waals surface area contributed by atoms with Crippen LogP contribution >= 0.6 is 23.1 Å². The number of hydrogen-bond donors (Lipinski definition) is 1. The minimum absolute atomic E-state index is 0.109. The molecule has 0 atom stereocenters. The topological polar surface area (TPSA) is 68.0 Å². The summed E-state index contributed by atoms with van der Waals surface area (Å²) >= 11 is 2.92. The van der Waals surface area contributed by atoms with Crippen molar-refractivity contribution in [3.05, 3.63) is 27.7 Å². The summed E-state index contributed by atoms with van der Waals surface area (Å²) in [6.45, 7) is 1.88. The molecule has 20 heavy (non-hydrogen) atoms. The van der Waals surface area contributed by atoms with E-state index in [2.05, 4.69) is 10.2 Å². The zero-order chi connectivity index (χ0) is 14.1. The maximum atomic E-state index is 12.1. The van der Waals surface area contributed by atoms with Crippen LogP contribution in [0.25, 0.3) is 0 Å². The number of hydrogen-bond acceptors (Lipinski definition) is 6. The van der Waals surface area contributed by atoms with Crippen LogP contribution in [0.1, 0.15) is 39.3 Å². The molecule has 0 radical (unpaired) electrons. The highest BCUT2D eigenvalue weighted by Gasteiger charge is 2.29. The second-order valence-electron chi connectivity index (χ2n) is 4.78. The molecule has 0 unspecified atom stereocenters. The van der Waals surface area contributed by atoms with Gasteiger partial charge in [0.05, 0.1) is 10.6 Å². The first kappa shape index (κ1) is 13.8. The zero-order valence-electron chi connectivity index (χ0n) is 11.1. The molecule has 7 heteroatoms. The summed E-state index contributed by atoms with van der Waals surface area (Å²) in [5, 5.41) is 18.1. The van der Waals surface area contributed by atoms with E-state index < -0.39 is 0 Å². The monoisotopic (exact) mass is 309 g/mol. The molecule has 1 N–H and O–H groups in total.